The molecule has 0 spiro atoms. The molecule has 16 rings (SSSR count). The van der Waals surface area contributed by atoms with Gasteiger partial charge in [0, 0.05) is 103 Å². The van der Waals surface area contributed by atoms with Crippen LogP contribution in [0.25, 0.3) is 111 Å². The molecule has 0 fully saturated rings. The summed E-state index contributed by atoms with van der Waals surface area (Å²) in [5.41, 5.74) is 21.2. The summed E-state index contributed by atoms with van der Waals surface area (Å²) in [7, 11) is 0. The Kier molecular flexibility index (Phi) is 12.3. The fourth-order valence-electron chi connectivity index (χ4n) is 12.1. The fraction of sp³-hybridized carbons (Fsp3) is 0. The van der Waals surface area contributed by atoms with E-state index in [4.69, 9.17) is 19.9 Å². The lowest BCUT2D eigenvalue weighted by Crippen LogP contribution is -2.11. The van der Waals surface area contributed by atoms with Gasteiger partial charge in [-0.25, -0.2) is 9.97 Å². The molecule has 10 nitrogen and oxygen atoms in total. The second kappa shape index (κ2) is 21.1. The van der Waals surface area contributed by atoms with Crippen LogP contribution in [0.2, 0.25) is 0 Å². The Morgan fingerprint density at radius 2 is 0.581 bits per heavy atom. The molecule has 7 aromatic heterocycles. The van der Waals surface area contributed by atoms with E-state index < -0.39 is 0 Å². The first-order chi connectivity index (χ1) is 42.6. The molecule has 0 N–H and O–H groups in total. The Hall–Kier alpha value is -11.9. The second-order valence-corrected chi connectivity index (χ2v) is 21.2. The van der Waals surface area contributed by atoms with Crippen molar-refractivity contribution in [2.45, 2.75) is 0 Å². The number of hydrogen-bond acceptors (Lipinski definition) is 8. The number of pyridine rings is 4. The normalized spacial score (nSPS) is 11.5. The Balaban J connectivity index is 0.768. The zero-order valence-electron chi connectivity index (χ0n) is 46.3. The van der Waals surface area contributed by atoms with Crippen LogP contribution in [0.1, 0.15) is 0 Å². The predicted molar refractivity (Wildman–Crippen MR) is 351 cm³/mol. The van der Waals surface area contributed by atoms with E-state index in [2.05, 4.69) is 247 Å². The average molecular weight is 1100 g/mol. The maximum Gasteiger partial charge on any atom is 0.0973 e. The highest BCUT2D eigenvalue weighted by Gasteiger charge is 2.21. The topological polar surface area (TPSA) is 93.7 Å². The van der Waals surface area contributed by atoms with Crippen molar-refractivity contribution in [3.8, 4) is 56.4 Å². The van der Waals surface area contributed by atoms with Gasteiger partial charge in [-0.2, -0.15) is 0 Å². The molecule has 0 aliphatic heterocycles. The standard InChI is InChI=1S/C76H50N10/c1-7-21-71-63(15-1)64-16-2-8-22-72(64)85(71)59-37-33-57(34-38-59)83(61-41-43-67(79-49-61)53-13-11-45-77-47-53)55-29-25-51(26-30-55)75-76(82-70-20-6-5-19-69(70)81-75)52-27-31-56(32-28-52)84(62-42-44-68(80-50-62)54-14-12-46-78-48-54)58-35-39-60(40-36-58)86-73-23-9-3-17-65(73)66-18-4-10-24-74(66)86/h1-50H. The third-order valence-electron chi connectivity index (χ3n) is 16.2. The Morgan fingerprint density at radius 1 is 0.256 bits per heavy atom. The minimum absolute atomic E-state index is 0.778. The van der Waals surface area contributed by atoms with Crippen LogP contribution in [0.3, 0.4) is 0 Å². The van der Waals surface area contributed by atoms with E-state index in [9.17, 15) is 0 Å². The highest BCUT2D eigenvalue weighted by molar-refractivity contribution is 6.10. The number of rotatable bonds is 12. The van der Waals surface area contributed by atoms with Crippen LogP contribution in [-0.2, 0) is 0 Å². The van der Waals surface area contributed by atoms with E-state index in [-0.39, 0.29) is 0 Å². The molecule has 0 atom stereocenters. The van der Waals surface area contributed by atoms with Gasteiger partial charge in [-0.3, -0.25) is 19.9 Å². The molecule has 0 aliphatic carbocycles. The molecule has 7 heterocycles. The molecule has 86 heavy (non-hydrogen) atoms. The van der Waals surface area contributed by atoms with Crippen LogP contribution in [0.15, 0.2) is 304 Å². The highest BCUT2D eigenvalue weighted by atomic mass is 15.2. The van der Waals surface area contributed by atoms with Gasteiger partial charge in [0.15, 0.2) is 0 Å². The molecular formula is C76H50N10. The molecule has 0 bridgehead atoms. The van der Waals surface area contributed by atoms with Crippen LogP contribution in [-0.4, -0.2) is 39.0 Å². The van der Waals surface area contributed by atoms with Gasteiger partial charge in [-0.15, -0.1) is 0 Å². The number of anilines is 6. The third kappa shape index (κ3) is 8.84. The molecule has 16 aromatic rings. The summed E-state index contributed by atoms with van der Waals surface area (Å²) < 4.78 is 4.69. The van der Waals surface area contributed by atoms with E-state index >= 15 is 0 Å². The first-order valence-electron chi connectivity index (χ1n) is 28.6. The van der Waals surface area contributed by atoms with E-state index in [0.717, 1.165) is 124 Å². The summed E-state index contributed by atoms with van der Waals surface area (Å²) in [6.45, 7) is 0. The lowest BCUT2D eigenvalue weighted by atomic mass is 10.0. The smallest absolute Gasteiger partial charge is 0.0973 e. The van der Waals surface area contributed by atoms with Crippen molar-refractivity contribution in [3.05, 3.63) is 304 Å². The summed E-state index contributed by atoms with van der Waals surface area (Å²) >= 11 is 0. The van der Waals surface area contributed by atoms with Crippen LogP contribution in [0.4, 0.5) is 34.1 Å². The summed E-state index contributed by atoms with van der Waals surface area (Å²) in [4.78, 5) is 33.9. The zero-order valence-corrected chi connectivity index (χ0v) is 46.3. The van der Waals surface area contributed by atoms with Gasteiger partial charge in [0.25, 0.3) is 0 Å². The molecule has 10 heteroatoms. The van der Waals surface area contributed by atoms with Crippen LogP contribution < -0.4 is 9.80 Å². The SMILES string of the molecule is c1cncc(-c2ccc(N(c3ccc(-c4nc5ccccc5nc4-c4ccc(N(c5ccc(-n6c7ccccc7c7ccccc76)cc5)c5ccc(-c6cccnc6)nc5)cc4)cc3)c3ccc(-n4c5ccccc5c5ccccc54)cc3)cn2)c1. The van der Waals surface area contributed by atoms with Crippen molar-refractivity contribution >= 4 is 88.8 Å². The summed E-state index contributed by atoms with van der Waals surface area (Å²) in [5.74, 6) is 0. The molecule has 0 amide bonds. The van der Waals surface area contributed by atoms with E-state index in [1.165, 1.54) is 21.5 Å². The Labute approximate surface area is 495 Å². The van der Waals surface area contributed by atoms with Crippen LogP contribution >= 0.6 is 0 Å². The number of aromatic nitrogens is 8. The monoisotopic (exact) mass is 1100 g/mol. The average Bonchev–Trinajstić information content (AvgIpc) is 4.36. The lowest BCUT2D eigenvalue weighted by molar-refractivity contribution is 1.17. The van der Waals surface area contributed by atoms with Gasteiger partial charge < -0.3 is 18.9 Å². The van der Waals surface area contributed by atoms with Crippen molar-refractivity contribution in [1.82, 2.24) is 39.0 Å². The number of hydrogen-bond donors (Lipinski definition) is 0. The quantitative estimate of drug-likeness (QED) is 0.119. The summed E-state index contributed by atoms with van der Waals surface area (Å²) in [6, 6.07) is 93.6. The fourth-order valence-corrected chi connectivity index (χ4v) is 12.1. The second-order valence-electron chi connectivity index (χ2n) is 21.2. The van der Waals surface area contributed by atoms with Crippen molar-refractivity contribution < 1.29 is 0 Å². The van der Waals surface area contributed by atoms with E-state index in [1.54, 1.807) is 12.4 Å². The van der Waals surface area contributed by atoms with Crippen LogP contribution in [0, 0.1) is 0 Å². The Bertz CT molecular complexity index is 4690. The van der Waals surface area contributed by atoms with Gasteiger partial charge in [0.05, 0.1) is 79.6 Å². The highest BCUT2D eigenvalue weighted by Crippen LogP contribution is 2.42. The minimum atomic E-state index is 0.778. The molecule has 9 aromatic carbocycles. The molecule has 0 unspecified atom stereocenters. The zero-order chi connectivity index (χ0) is 56.9. The number of nitrogens with zero attached hydrogens (tertiary/aromatic N) is 10. The minimum Gasteiger partial charge on any atom is -0.309 e. The van der Waals surface area contributed by atoms with Gasteiger partial charge in [0.2, 0.25) is 0 Å². The molecule has 0 saturated heterocycles. The number of para-hydroxylation sites is 6. The van der Waals surface area contributed by atoms with Crippen molar-refractivity contribution in [3.63, 3.8) is 0 Å². The number of fused-ring (bicyclic) bond motifs is 7. The van der Waals surface area contributed by atoms with E-state index in [0.29, 0.717) is 0 Å². The van der Waals surface area contributed by atoms with Crippen LogP contribution in [0.5, 0.6) is 0 Å². The third-order valence-corrected chi connectivity index (χ3v) is 16.2. The van der Waals surface area contributed by atoms with E-state index in [1.807, 2.05) is 73.3 Å². The lowest BCUT2D eigenvalue weighted by Gasteiger charge is -2.26. The maximum absolute atomic E-state index is 5.36. The molecule has 404 valence electrons. The molecular weight excluding hydrogens is 1050 g/mol. The summed E-state index contributed by atoms with van der Waals surface area (Å²) in [5, 5.41) is 4.90. The predicted octanol–water partition coefficient (Wildman–Crippen LogP) is 19.0. The van der Waals surface area contributed by atoms with Gasteiger partial charge in [-0.1, -0.05) is 109 Å². The number of benzene rings is 9. The maximum atomic E-state index is 5.36. The molecule has 0 aliphatic rings. The molecule has 0 radical (unpaired) electrons. The van der Waals surface area contributed by atoms with Gasteiger partial charge >= 0.3 is 0 Å². The van der Waals surface area contributed by atoms with Crippen molar-refractivity contribution in [1.29, 1.82) is 0 Å². The summed E-state index contributed by atoms with van der Waals surface area (Å²) in [6.07, 6.45) is 11.1. The molecule has 0 saturated carbocycles. The largest absolute Gasteiger partial charge is 0.309 e. The first-order valence-corrected chi connectivity index (χ1v) is 28.6. The van der Waals surface area contributed by atoms with Crippen molar-refractivity contribution in [2.24, 2.45) is 0 Å². The Morgan fingerprint density at radius 3 is 0.907 bits per heavy atom. The van der Waals surface area contributed by atoms with Gasteiger partial charge in [-0.05, 0) is 158 Å². The van der Waals surface area contributed by atoms with Crippen molar-refractivity contribution in [2.75, 3.05) is 9.80 Å². The first kappa shape index (κ1) is 49.9. The van der Waals surface area contributed by atoms with Gasteiger partial charge in [0.1, 0.15) is 0 Å².